The Balaban J connectivity index is 2.37. The zero-order valence-electron chi connectivity index (χ0n) is 12.0. The Hall–Kier alpha value is -1.47. The largest absolute Gasteiger partial charge is 0.469 e. The van der Waals surface area contributed by atoms with Gasteiger partial charge in [0.25, 0.3) is 0 Å². The second kappa shape index (κ2) is 8.74. The van der Waals surface area contributed by atoms with Gasteiger partial charge in [-0.1, -0.05) is 15.9 Å². The van der Waals surface area contributed by atoms with E-state index in [1.54, 1.807) is 18.0 Å². The van der Waals surface area contributed by atoms with Gasteiger partial charge >= 0.3 is 5.97 Å². The Morgan fingerprint density at radius 3 is 2.76 bits per heavy atom. The third-order valence-electron chi connectivity index (χ3n) is 2.77. The summed E-state index contributed by atoms with van der Waals surface area (Å²) >= 11 is 3.15. The first-order valence-corrected chi connectivity index (χ1v) is 7.22. The normalized spacial score (nSPS) is 10.5. The molecule has 7 heteroatoms. The molecule has 0 saturated heterocycles. The molecule has 1 amide bonds. The molecule has 0 bridgehead atoms. The Kier molecular flexibility index (Phi) is 7.31. The van der Waals surface area contributed by atoms with Gasteiger partial charge in [-0.2, -0.15) is 0 Å². The molecule has 1 aromatic rings. The van der Waals surface area contributed by atoms with Crippen molar-refractivity contribution in [3.63, 3.8) is 0 Å². The maximum absolute atomic E-state index is 13.6. The maximum Gasteiger partial charge on any atom is 0.305 e. The molecule has 1 N–H and O–H groups in total. The van der Waals surface area contributed by atoms with Crippen molar-refractivity contribution in [1.82, 2.24) is 4.90 Å². The summed E-state index contributed by atoms with van der Waals surface area (Å²) in [6.45, 7) is 0.696. The number of carbonyl (C=O) groups is 2. The molecule has 0 spiro atoms. The number of hydrogen-bond acceptors (Lipinski definition) is 4. The highest BCUT2D eigenvalue weighted by Gasteiger charge is 2.10. The second-order valence-corrected chi connectivity index (χ2v) is 5.51. The summed E-state index contributed by atoms with van der Waals surface area (Å²) < 4.78 is 18.7. The molecule has 5 nitrogen and oxygen atoms in total. The van der Waals surface area contributed by atoms with E-state index in [1.165, 1.54) is 19.2 Å². The minimum atomic E-state index is -0.494. The van der Waals surface area contributed by atoms with Crippen LogP contribution >= 0.6 is 15.9 Å². The monoisotopic (exact) mass is 360 g/mol. The van der Waals surface area contributed by atoms with Crippen molar-refractivity contribution < 1.29 is 18.7 Å². The fraction of sp³-hybridized carbons (Fsp3) is 0.429. The molecule has 0 atom stereocenters. The predicted molar refractivity (Wildman–Crippen MR) is 81.5 cm³/mol. The Morgan fingerprint density at radius 1 is 1.43 bits per heavy atom. The fourth-order valence-electron chi connectivity index (χ4n) is 1.70. The summed E-state index contributed by atoms with van der Waals surface area (Å²) in [5.41, 5.74) is 0.145. The Morgan fingerprint density at radius 2 is 2.14 bits per heavy atom. The molecule has 0 aliphatic carbocycles. The van der Waals surface area contributed by atoms with Crippen molar-refractivity contribution in [2.24, 2.45) is 0 Å². The van der Waals surface area contributed by atoms with Crippen LogP contribution in [-0.2, 0) is 14.3 Å². The summed E-state index contributed by atoms with van der Waals surface area (Å²) in [5, 5.41) is 2.51. The van der Waals surface area contributed by atoms with Crippen LogP contribution in [0.25, 0.3) is 0 Å². The van der Waals surface area contributed by atoms with Gasteiger partial charge in [0.15, 0.2) is 0 Å². The van der Waals surface area contributed by atoms with Gasteiger partial charge in [-0.05, 0) is 38.2 Å². The number of anilines is 1. The summed E-state index contributed by atoms with van der Waals surface area (Å²) in [6, 6.07) is 4.43. The van der Waals surface area contributed by atoms with Gasteiger partial charge < -0.3 is 10.1 Å². The number of amides is 1. The molecular weight excluding hydrogens is 343 g/mol. The average Bonchev–Trinajstić information content (AvgIpc) is 2.41. The molecule has 21 heavy (non-hydrogen) atoms. The molecule has 0 radical (unpaired) electrons. The van der Waals surface area contributed by atoms with E-state index in [9.17, 15) is 14.0 Å². The number of methoxy groups -OCH3 is 1. The average molecular weight is 361 g/mol. The third kappa shape index (κ3) is 6.68. The highest BCUT2D eigenvalue weighted by atomic mass is 79.9. The minimum Gasteiger partial charge on any atom is -0.469 e. The van der Waals surface area contributed by atoms with E-state index in [0.717, 1.165) is 0 Å². The van der Waals surface area contributed by atoms with Gasteiger partial charge in [0.2, 0.25) is 5.91 Å². The van der Waals surface area contributed by atoms with Crippen LogP contribution in [0.1, 0.15) is 12.8 Å². The van der Waals surface area contributed by atoms with Gasteiger partial charge in [-0.25, -0.2) is 4.39 Å². The fourth-order valence-corrected chi connectivity index (χ4v) is 2.03. The highest BCUT2D eigenvalue weighted by molar-refractivity contribution is 9.10. The van der Waals surface area contributed by atoms with E-state index in [4.69, 9.17) is 0 Å². The van der Waals surface area contributed by atoms with Crippen molar-refractivity contribution in [2.45, 2.75) is 12.8 Å². The lowest BCUT2D eigenvalue weighted by Gasteiger charge is -2.16. The molecule has 0 unspecified atom stereocenters. The molecule has 1 aromatic carbocycles. The number of benzene rings is 1. The topological polar surface area (TPSA) is 58.6 Å². The zero-order valence-corrected chi connectivity index (χ0v) is 13.6. The lowest BCUT2D eigenvalue weighted by atomic mass is 10.3. The van der Waals surface area contributed by atoms with Crippen LogP contribution in [0.5, 0.6) is 0 Å². The number of nitrogens with one attached hydrogen (secondary N) is 1. The number of esters is 1. The lowest BCUT2D eigenvalue weighted by molar-refractivity contribution is -0.140. The van der Waals surface area contributed by atoms with E-state index in [2.05, 4.69) is 26.0 Å². The van der Waals surface area contributed by atoms with Crippen molar-refractivity contribution in [1.29, 1.82) is 0 Å². The first kappa shape index (κ1) is 17.6. The molecule has 116 valence electrons. The van der Waals surface area contributed by atoms with E-state index in [0.29, 0.717) is 23.9 Å². The molecule has 0 fully saturated rings. The van der Waals surface area contributed by atoms with Crippen LogP contribution in [0.15, 0.2) is 22.7 Å². The summed E-state index contributed by atoms with van der Waals surface area (Å²) in [7, 11) is 3.10. The number of likely N-dealkylation sites (N-methyl/N-ethyl adjacent to an activating group) is 1. The van der Waals surface area contributed by atoms with Gasteiger partial charge in [-0.3, -0.25) is 14.5 Å². The van der Waals surface area contributed by atoms with Gasteiger partial charge in [0, 0.05) is 10.9 Å². The third-order valence-corrected chi connectivity index (χ3v) is 3.26. The Labute approximate surface area is 131 Å². The molecule has 0 saturated carbocycles. The van der Waals surface area contributed by atoms with Gasteiger partial charge in [0.1, 0.15) is 5.82 Å². The number of hydrogen-bond donors (Lipinski definition) is 1. The van der Waals surface area contributed by atoms with E-state index < -0.39 is 5.82 Å². The zero-order chi connectivity index (χ0) is 15.8. The van der Waals surface area contributed by atoms with Crippen molar-refractivity contribution >= 4 is 33.5 Å². The number of halogens is 2. The maximum atomic E-state index is 13.6. The van der Waals surface area contributed by atoms with E-state index >= 15 is 0 Å². The van der Waals surface area contributed by atoms with Crippen LogP contribution < -0.4 is 5.32 Å². The number of carbonyl (C=O) groups excluding carboxylic acids is 2. The SMILES string of the molecule is COC(=O)CCCN(C)CC(=O)Nc1ccc(Br)cc1F. The first-order chi connectivity index (χ1) is 9.92. The van der Waals surface area contributed by atoms with Crippen LogP contribution in [-0.4, -0.2) is 44.0 Å². The first-order valence-electron chi connectivity index (χ1n) is 6.42. The summed E-state index contributed by atoms with van der Waals surface area (Å²) in [4.78, 5) is 24.5. The Bertz CT molecular complexity index is 511. The summed E-state index contributed by atoms with van der Waals surface area (Å²) in [5.74, 6) is -1.08. The molecule has 0 aliphatic rings. The smallest absolute Gasteiger partial charge is 0.305 e. The van der Waals surface area contributed by atoms with Crippen LogP contribution in [0.3, 0.4) is 0 Å². The van der Waals surface area contributed by atoms with E-state index in [1.807, 2.05) is 0 Å². The van der Waals surface area contributed by atoms with Crippen molar-refractivity contribution in [3.8, 4) is 0 Å². The predicted octanol–water partition coefficient (Wildman–Crippen LogP) is 2.41. The number of ether oxygens (including phenoxy) is 1. The molecular formula is C14H18BrFN2O3. The van der Waals surface area contributed by atoms with Crippen LogP contribution in [0, 0.1) is 5.82 Å². The molecule has 0 aliphatic heterocycles. The molecule has 0 heterocycles. The minimum absolute atomic E-state index is 0.122. The summed E-state index contributed by atoms with van der Waals surface area (Å²) in [6.07, 6.45) is 0.910. The van der Waals surface area contributed by atoms with Gasteiger partial charge in [-0.15, -0.1) is 0 Å². The van der Waals surface area contributed by atoms with Crippen LogP contribution in [0.4, 0.5) is 10.1 Å². The van der Waals surface area contributed by atoms with E-state index in [-0.39, 0.29) is 24.1 Å². The van der Waals surface area contributed by atoms with Gasteiger partial charge in [0.05, 0.1) is 19.3 Å². The molecule has 1 rings (SSSR count). The number of rotatable bonds is 7. The highest BCUT2D eigenvalue weighted by Crippen LogP contribution is 2.19. The molecule has 0 aromatic heterocycles. The number of nitrogens with zero attached hydrogens (tertiary/aromatic N) is 1. The van der Waals surface area contributed by atoms with Crippen LogP contribution in [0.2, 0.25) is 0 Å². The van der Waals surface area contributed by atoms with Crippen molar-refractivity contribution in [2.75, 3.05) is 32.6 Å². The second-order valence-electron chi connectivity index (χ2n) is 4.59. The quantitative estimate of drug-likeness (QED) is 0.758. The lowest BCUT2D eigenvalue weighted by Crippen LogP contribution is -2.31. The van der Waals surface area contributed by atoms with Crippen molar-refractivity contribution in [3.05, 3.63) is 28.5 Å². The standard InChI is InChI=1S/C14H18BrFN2O3/c1-18(7-3-4-14(20)21-2)9-13(19)17-12-6-5-10(15)8-11(12)16/h5-6,8H,3-4,7,9H2,1-2H3,(H,17,19).